The van der Waals surface area contributed by atoms with Crippen LogP contribution in [0.2, 0.25) is 0 Å². The lowest BCUT2D eigenvalue weighted by molar-refractivity contribution is 0.147. The van der Waals surface area contributed by atoms with E-state index in [0.29, 0.717) is 23.2 Å². The number of hydrogen-bond donors (Lipinski definition) is 3. The third kappa shape index (κ3) is 2.45. The van der Waals surface area contributed by atoms with Crippen molar-refractivity contribution in [1.82, 2.24) is 4.98 Å². The van der Waals surface area contributed by atoms with Crippen LogP contribution in [0.15, 0.2) is 22.6 Å². The van der Waals surface area contributed by atoms with Crippen LogP contribution in [0.1, 0.15) is 32.6 Å². The van der Waals surface area contributed by atoms with Crippen molar-refractivity contribution in [2.24, 2.45) is 5.92 Å². The van der Waals surface area contributed by atoms with Crippen LogP contribution in [0.25, 0.3) is 11.1 Å². The van der Waals surface area contributed by atoms with Crippen LogP contribution in [-0.2, 0) is 0 Å². The van der Waals surface area contributed by atoms with Gasteiger partial charge in [-0.15, -0.1) is 0 Å². The molecule has 2 unspecified atom stereocenters. The molecule has 1 aliphatic carbocycles. The minimum atomic E-state index is -0.315. The molecule has 20 heavy (non-hydrogen) atoms. The molecule has 0 radical (unpaired) electrons. The Balaban J connectivity index is 1.87. The molecule has 5 heteroatoms. The van der Waals surface area contributed by atoms with Gasteiger partial charge in [0.25, 0.3) is 6.01 Å². The van der Waals surface area contributed by atoms with Gasteiger partial charge in [-0.2, -0.15) is 4.98 Å². The Morgan fingerprint density at radius 3 is 3.15 bits per heavy atom. The number of fused-ring (bicyclic) bond motifs is 1. The molecular weight excluding hydrogens is 254 g/mol. The van der Waals surface area contributed by atoms with Crippen molar-refractivity contribution in [2.45, 2.75) is 38.1 Å². The van der Waals surface area contributed by atoms with Gasteiger partial charge < -0.3 is 20.6 Å². The van der Waals surface area contributed by atoms with Crippen molar-refractivity contribution >= 4 is 22.8 Å². The molecule has 3 rings (SSSR count). The van der Waals surface area contributed by atoms with E-state index in [1.807, 2.05) is 6.07 Å². The average molecular weight is 275 g/mol. The van der Waals surface area contributed by atoms with Crippen molar-refractivity contribution in [3.63, 3.8) is 0 Å². The molecule has 1 heterocycles. The highest BCUT2D eigenvalue weighted by molar-refractivity contribution is 5.78. The summed E-state index contributed by atoms with van der Waals surface area (Å²) in [6, 6.07) is 5.88. The number of benzene rings is 1. The number of nitrogen functional groups attached to an aromatic ring is 1. The molecule has 4 N–H and O–H groups in total. The molecule has 108 valence electrons. The predicted molar refractivity (Wildman–Crippen MR) is 79.5 cm³/mol. The van der Waals surface area contributed by atoms with Gasteiger partial charge in [0.1, 0.15) is 5.52 Å². The number of nitrogens with zero attached hydrogens (tertiary/aromatic N) is 1. The molecule has 2 atom stereocenters. The zero-order valence-electron chi connectivity index (χ0n) is 11.7. The number of nitrogens with two attached hydrogens (primary N) is 1. The first kappa shape index (κ1) is 13.2. The topological polar surface area (TPSA) is 84.3 Å². The number of rotatable bonds is 3. The maximum Gasteiger partial charge on any atom is 0.296 e. The first-order chi connectivity index (χ1) is 9.60. The van der Waals surface area contributed by atoms with Crippen molar-refractivity contribution in [3.8, 4) is 0 Å². The molecular formula is C15H21N3O2. The standard InChI is InChI=1S/C15H21N3O2/c1-10-3-2-6-15(8-10,9-19)18-14-17-12-5-4-11(16)7-13(12)20-14/h4-5,7,10,19H,2-3,6,8-9,16H2,1H3,(H,17,18). The van der Waals surface area contributed by atoms with Gasteiger partial charge in [-0.25, -0.2) is 0 Å². The Hall–Kier alpha value is -1.75. The van der Waals surface area contributed by atoms with Crippen molar-refractivity contribution in [3.05, 3.63) is 18.2 Å². The normalized spacial score (nSPS) is 26.8. The summed E-state index contributed by atoms with van der Waals surface area (Å²) in [6.45, 7) is 2.32. The fourth-order valence-corrected chi connectivity index (χ4v) is 3.18. The highest BCUT2D eigenvalue weighted by atomic mass is 16.4. The molecule has 1 saturated carbocycles. The van der Waals surface area contributed by atoms with Crippen LogP contribution in [0.3, 0.4) is 0 Å². The van der Waals surface area contributed by atoms with E-state index in [0.717, 1.165) is 24.8 Å². The lowest BCUT2D eigenvalue weighted by Gasteiger charge is -2.38. The van der Waals surface area contributed by atoms with E-state index in [-0.39, 0.29) is 12.1 Å². The number of aromatic nitrogens is 1. The fraction of sp³-hybridized carbons (Fsp3) is 0.533. The lowest BCUT2D eigenvalue weighted by atomic mass is 9.77. The van der Waals surface area contributed by atoms with Gasteiger partial charge in [0.2, 0.25) is 0 Å². The molecule has 0 aliphatic heterocycles. The fourth-order valence-electron chi connectivity index (χ4n) is 3.18. The largest absolute Gasteiger partial charge is 0.423 e. The van der Waals surface area contributed by atoms with Crippen LogP contribution in [0.4, 0.5) is 11.7 Å². The quantitative estimate of drug-likeness (QED) is 0.750. The smallest absolute Gasteiger partial charge is 0.296 e. The van der Waals surface area contributed by atoms with Gasteiger partial charge in [0, 0.05) is 11.8 Å². The highest BCUT2D eigenvalue weighted by Crippen LogP contribution is 2.35. The number of aliphatic hydroxyl groups excluding tert-OH is 1. The molecule has 1 fully saturated rings. The minimum Gasteiger partial charge on any atom is -0.423 e. The zero-order valence-corrected chi connectivity index (χ0v) is 11.7. The summed E-state index contributed by atoms with van der Waals surface area (Å²) >= 11 is 0. The summed E-state index contributed by atoms with van der Waals surface area (Å²) in [5, 5.41) is 13.1. The summed E-state index contributed by atoms with van der Waals surface area (Å²) in [5.74, 6) is 0.600. The molecule has 1 aromatic carbocycles. The molecule has 1 aliphatic rings. The number of hydrogen-bond acceptors (Lipinski definition) is 5. The number of oxazole rings is 1. The summed E-state index contributed by atoms with van der Waals surface area (Å²) in [4.78, 5) is 4.42. The van der Waals surface area contributed by atoms with Crippen molar-refractivity contribution < 1.29 is 9.52 Å². The number of nitrogens with one attached hydrogen (secondary N) is 1. The van der Waals surface area contributed by atoms with Crippen LogP contribution in [-0.4, -0.2) is 22.2 Å². The van der Waals surface area contributed by atoms with E-state index in [1.165, 1.54) is 6.42 Å². The number of aliphatic hydroxyl groups is 1. The van der Waals surface area contributed by atoms with Gasteiger partial charge in [0.05, 0.1) is 12.1 Å². The Bertz CT molecular complexity index is 610. The average Bonchev–Trinajstić information content (AvgIpc) is 2.79. The summed E-state index contributed by atoms with van der Waals surface area (Å²) < 4.78 is 5.70. The molecule has 0 amide bonds. The number of anilines is 2. The van der Waals surface area contributed by atoms with Crippen LogP contribution in [0.5, 0.6) is 0 Å². The van der Waals surface area contributed by atoms with E-state index < -0.39 is 0 Å². The van der Waals surface area contributed by atoms with Crippen LogP contribution >= 0.6 is 0 Å². The molecule has 1 aromatic heterocycles. The van der Waals surface area contributed by atoms with E-state index >= 15 is 0 Å². The van der Waals surface area contributed by atoms with Gasteiger partial charge in [-0.1, -0.05) is 19.8 Å². The second-order valence-corrected chi connectivity index (χ2v) is 6.01. The highest BCUT2D eigenvalue weighted by Gasteiger charge is 2.35. The summed E-state index contributed by atoms with van der Waals surface area (Å²) in [5.41, 5.74) is 7.53. The zero-order chi connectivity index (χ0) is 14.2. The minimum absolute atomic E-state index is 0.0954. The molecule has 0 spiro atoms. The summed E-state index contributed by atoms with van der Waals surface area (Å²) in [7, 11) is 0. The molecule has 2 aromatic rings. The Morgan fingerprint density at radius 1 is 1.55 bits per heavy atom. The Kier molecular flexibility index (Phi) is 3.30. The van der Waals surface area contributed by atoms with Gasteiger partial charge >= 0.3 is 0 Å². The molecule has 0 saturated heterocycles. The Morgan fingerprint density at radius 2 is 2.40 bits per heavy atom. The SMILES string of the molecule is CC1CCCC(CO)(Nc2nc3ccc(N)cc3o2)C1. The first-order valence-corrected chi connectivity index (χ1v) is 7.15. The second kappa shape index (κ2) is 4.98. The van der Waals surface area contributed by atoms with Crippen LogP contribution < -0.4 is 11.1 Å². The molecule has 0 bridgehead atoms. The molecule has 5 nitrogen and oxygen atoms in total. The maximum atomic E-state index is 9.79. The van der Waals surface area contributed by atoms with Gasteiger partial charge in [-0.05, 0) is 30.9 Å². The van der Waals surface area contributed by atoms with E-state index in [1.54, 1.807) is 12.1 Å². The lowest BCUT2D eigenvalue weighted by Crippen LogP contribution is -2.45. The van der Waals surface area contributed by atoms with Crippen molar-refractivity contribution in [1.29, 1.82) is 0 Å². The first-order valence-electron chi connectivity index (χ1n) is 7.15. The second-order valence-electron chi connectivity index (χ2n) is 6.01. The van der Waals surface area contributed by atoms with E-state index in [4.69, 9.17) is 10.2 Å². The van der Waals surface area contributed by atoms with Crippen LogP contribution in [0, 0.1) is 5.92 Å². The monoisotopic (exact) mass is 275 g/mol. The van der Waals surface area contributed by atoms with Crippen molar-refractivity contribution in [2.75, 3.05) is 17.7 Å². The summed E-state index contributed by atoms with van der Waals surface area (Å²) in [6.07, 6.45) is 4.20. The van der Waals surface area contributed by atoms with E-state index in [9.17, 15) is 5.11 Å². The maximum absolute atomic E-state index is 9.79. The predicted octanol–water partition coefficient (Wildman–Crippen LogP) is 2.76. The van der Waals surface area contributed by atoms with Gasteiger partial charge in [-0.3, -0.25) is 0 Å². The third-order valence-electron chi connectivity index (χ3n) is 4.18. The van der Waals surface area contributed by atoms with E-state index in [2.05, 4.69) is 17.2 Å². The van der Waals surface area contributed by atoms with Gasteiger partial charge in [0.15, 0.2) is 5.58 Å². The third-order valence-corrected chi connectivity index (χ3v) is 4.18. The Labute approximate surface area is 118 Å².